The fourth-order valence-electron chi connectivity index (χ4n) is 4.16. The van der Waals surface area contributed by atoms with Crippen LogP contribution in [0.3, 0.4) is 0 Å². The van der Waals surface area contributed by atoms with Crippen LogP contribution in [-0.4, -0.2) is 33.9 Å². The Hall–Kier alpha value is -3.52. The van der Waals surface area contributed by atoms with E-state index in [1.165, 1.54) is 9.91 Å². The highest BCUT2D eigenvalue weighted by Gasteiger charge is 2.55. The second-order valence-corrected chi connectivity index (χ2v) is 8.52. The van der Waals surface area contributed by atoms with Crippen molar-refractivity contribution in [3.63, 3.8) is 0 Å². The Balaban J connectivity index is 1.41. The van der Waals surface area contributed by atoms with Crippen LogP contribution in [0.2, 0.25) is 5.02 Å². The van der Waals surface area contributed by atoms with Gasteiger partial charge in [-0.2, -0.15) is 5.11 Å². The maximum Gasteiger partial charge on any atom is 0.263 e. The molecule has 2 aromatic carbocycles. The Morgan fingerprint density at radius 3 is 2.50 bits per heavy atom. The van der Waals surface area contributed by atoms with Crippen LogP contribution in [0.15, 0.2) is 57.2 Å². The minimum atomic E-state index is -0.858. The summed E-state index contributed by atoms with van der Waals surface area (Å²) in [4.78, 5) is 32.0. The van der Waals surface area contributed by atoms with Gasteiger partial charge in [-0.25, -0.2) is 9.88 Å². The molecule has 0 unspecified atom stereocenters. The first-order valence-electron chi connectivity index (χ1n) is 10.2. The largest absolute Gasteiger partial charge is 0.441 e. The van der Waals surface area contributed by atoms with Gasteiger partial charge in [-0.05, 0) is 62.2 Å². The Labute approximate surface area is 189 Å². The van der Waals surface area contributed by atoms with Gasteiger partial charge in [0.05, 0.1) is 12.2 Å². The van der Waals surface area contributed by atoms with Gasteiger partial charge in [0.25, 0.3) is 11.8 Å². The molecule has 8 nitrogen and oxygen atoms in total. The number of benzene rings is 2. The van der Waals surface area contributed by atoms with E-state index >= 15 is 0 Å². The number of anilines is 1. The third kappa shape index (κ3) is 3.36. The fraction of sp³-hybridized carbons (Fsp3) is 0.261. The lowest BCUT2D eigenvalue weighted by atomic mass is 10.1. The summed E-state index contributed by atoms with van der Waals surface area (Å²) in [5.74, 6) is 0.318. The lowest BCUT2D eigenvalue weighted by molar-refractivity contribution is -0.123. The first-order valence-corrected chi connectivity index (χ1v) is 10.6. The number of aryl methyl sites for hydroxylation is 3. The van der Waals surface area contributed by atoms with Crippen LogP contribution >= 0.6 is 11.6 Å². The Kier molecular flexibility index (Phi) is 4.82. The van der Waals surface area contributed by atoms with Crippen molar-refractivity contribution in [1.29, 1.82) is 0 Å². The molecule has 2 aliphatic rings. The quantitative estimate of drug-likeness (QED) is 0.550. The van der Waals surface area contributed by atoms with E-state index in [0.29, 0.717) is 28.1 Å². The van der Waals surface area contributed by atoms with E-state index in [9.17, 15) is 9.59 Å². The van der Waals surface area contributed by atoms with Gasteiger partial charge in [-0.1, -0.05) is 29.0 Å². The molecule has 3 aromatic rings. The molecule has 32 heavy (non-hydrogen) atoms. The van der Waals surface area contributed by atoms with Crippen LogP contribution in [-0.2, 0) is 16.1 Å². The minimum absolute atomic E-state index is 0.195. The highest BCUT2D eigenvalue weighted by atomic mass is 35.5. The zero-order valence-corrected chi connectivity index (χ0v) is 18.5. The Morgan fingerprint density at radius 2 is 1.78 bits per heavy atom. The number of oxazole rings is 1. The lowest BCUT2D eigenvalue weighted by Crippen LogP contribution is -2.39. The molecule has 0 N–H and O–H groups in total. The van der Waals surface area contributed by atoms with Gasteiger partial charge in [0.2, 0.25) is 5.89 Å². The number of carbonyl (C=O) groups is 2. The summed E-state index contributed by atoms with van der Waals surface area (Å²) in [7, 11) is 0. The van der Waals surface area contributed by atoms with Crippen LogP contribution in [0.4, 0.5) is 5.69 Å². The molecule has 3 heterocycles. The topological polar surface area (TPSA) is 91.4 Å². The number of rotatable bonds is 4. The van der Waals surface area contributed by atoms with E-state index < -0.39 is 12.1 Å². The third-order valence-electron chi connectivity index (χ3n) is 5.60. The highest BCUT2D eigenvalue weighted by molar-refractivity contribution is 6.30. The Bertz CT molecular complexity index is 1260. The molecule has 2 aliphatic heterocycles. The van der Waals surface area contributed by atoms with Gasteiger partial charge in [-0.15, -0.1) is 0 Å². The molecule has 0 bridgehead atoms. The standard InChI is InChI=1S/C23H20ClN5O3/c1-12-7-13(2)9-17(8-12)29-22(30)19-20(23(29)31)28(27-26-19)11-18-14(3)32-21(25-18)15-5-4-6-16(24)10-15/h4-10,19-20H,11H2,1-3H3/t19-,20+/m0/s1. The van der Waals surface area contributed by atoms with Crippen LogP contribution in [0.5, 0.6) is 0 Å². The molecule has 1 saturated heterocycles. The first kappa shape index (κ1) is 20.4. The number of hydrogen-bond donors (Lipinski definition) is 0. The van der Waals surface area contributed by atoms with Crippen LogP contribution in [0.1, 0.15) is 22.6 Å². The van der Waals surface area contributed by atoms with Gasteiger partial charge in [-0.3, -0.25) is 14.6 Å². The van der Waals surface area contributed by atoms with E-state index in [1.54, 1.807) is 19.1 Å². The number of fused-ring (bicyclic) bond motifs is 1. The van der Waals surface area contributed by atoms with Crippen molar-refractivity contribution in [3.05, 3.63) is 70.1 Å². The number of nitrogens with zero attached hydrogens (tertiary/aromatic N) is 5. The van der Waals surface area contributed by atoms with Crippen LogP contribution < -0.4 is 4.90 Å². The molecule has 2 amide bonds. The predicted octanol–water partition coefficient (Wildman–Crippen LogP) is 4.41. The van der Waals surface area contributed by atoms with Gasteiger partial charge in [0.1, 0.15) is 11.5 Å². The highest BCUT2D eigenvalue weighted by Crippen LogP contribution is 2.34. The number of hydrogen-bond acceptors (Lipinski definition) is 7. The van der Waals surface area contributed by atoms with Crippen molar-refractivity contribution in [2.75, 3.05) is 4.90 Å². The molecular weight excluding hydrogens is 430 g/mol. The van der Waals surface area contributed by atoms with Crippen molar-refractivity contribution >= 4 is 29.1 Å². The van der Waals surface area contributed by atoms with Crippen LogP contribution in [0, 0.1) is 20.8 Å². The molecule has 2 atom stereocenters. The summed E-state index contributed by atoms with van der Waals surface area (Å²) in [6.45, 7) is 5.85. The molecule has 0 saturated carbocycles. The number of amides is 2. The van der Waals surface area contributed by atoms with E-state index in [-0.39, 0.29) is 18.4 Å². The SMILES string of the molecule is Cc1cc(C)cc(N2C(=O)[C@H]3N=NN(Cc4nc(-c5cccc(Cl)c5)oc4C)[C@H]3C2=O)c1. The van der Waals surface area contributed by atoms with Crippen molar-refractivity contribution in [2.24, 2.45) is 10.3 Å². The molecule has 0 radical (unpaired) electrons. The number of carbonyl (C=O) groups excluding carboxylic acids is 2. The molecular formula is C23H20ClN5O3. The Morgan fingerprint density at radius 1 is 1.03 bits per heavy atom. The molecule has 1 fully saturated rings. The monoisotopic (exact) mass is 449 g/mol. The molecule has 0 spiro atoms. The van der Waals surface area contributed by atoms with Gasteiger partial charge in [0.15, 0.2) is 12.1 Å². The van der Waals surface area contributed by atoms with E-state index in [1.807, 2.05) is 44.2 Å². The van der Waals surface area contributed by atoms with Gasteiger partial charge < -0.3 is 4.42 Å². The summed E-state index contributed by atoms with van der Waals surface area (Å²) >= 11 is 6.07. The predicted molar refractivity (Wildman–Crippen MR) is 118 cm³/mol. The molecule has 0 aliphatic carbocycles. The summed E-state index contributed by atoms with van der Waals surface area (Å²) in [5.41, 5.74) is 3.87. The molecule has 162 valence electrons. The molecule has 5 rings (SSSR count). The van der Waals surface area contributed by atoms with Crippen molar-refractivity contribution in [2.45, 2.75) is 39.4 Å². The van der Waals surface area contributed by atoms with Crippen LogP contribution in [0.25, 0.3) is 11.5 Å². The molecule has 1 aromatic heterocycles. The number of aromatic nitrogens is 1. The second-order valence-electron chi connectivity index (χ2n) is 8.08. The smallest absolute Gasteiger partial charge is 0.263 e. The van der Waals surface area contributed by atoms with Gasteiger partial charge in [0, 0.05) is 10.6 Å². The second kappa shape index (κ2) is 7.56. The van der Waals surface area contributed by atoms with Crippen molar-refractivity contribution in [1.82, 2.24) is 9.99 Å². The lowest BCUT2D eigenvalue weighted by Gasteiger charge is -2.20. The van der Waals surface area contributed by atoms with Gasteiger partial charge >= 0.3 is 0 Å². The molecule has 9 heteroatoms. The summed E-state index contributed by atoms with van der Waals surface area (Å²) in [5, 5.41) is 10.3. The van der Waals surface area contributed by atoms with Crippen molar-refractivity contribution < 1.29 is 14.0 Å². The van der Waals surface area contributed by atoms with Crippen molar-refractivity contribution in [3.8, 4) is 11.5 Å². The van der Waals surface area contributed by atoms with E-state index in [2.05, 4.69) is 15.3 Å². The summed E-state index contributed by atoms with van der Waals surface area (Å²) in [6.07, 6.45) is 0. The zero-order chi connectivity index (χ0) is 22.6. The first-order chi connectivity index (χ1) is 15.3. The third-order valence-corrected chi connectivity index (χ3v) is 5.83. The summed E-state index contributed by atoms with van der Waals surface area (Å²) in [6, 6.07) is 11.2. The average molecular weight is 450 g/mol. The number of halogens is 1. The van der Waals surface area contributed by atoms with E-state index in [0.717, 1.165) is 16.7 Å². The normalized spacial score (nSPS) is 19.9. The van der Waals surface area contributed by atoms with E-state index in [4.69, 9.17) is 16.0 Å². The fourth-order valence-corrected chi connectivity index (χ4v) is 4.35. The minimum Gasteiger partial charge on any atom is -0.441 e. The number of imide groups is 1. The maximum absolute atomic E-state index is 13.3. The average Bonchev–Trinajstić information content (AvgIpc) is 3.38. The summed E-state index contributed by atoms with van der Waals surface area (Å²) < 4.78 is 5.81. The maximum atomic E-state index is 13.3. The zero-order valence-electron chi connectivity index (χ0n) is 17.7.